The van der Waals surface area contributed by atoms with Gasteiger partial charge in [0.05, 0.1) is 12.6 Å². The molecule has 0 saturated carbocycles. The maximum absolute atomic E-state index is 12.5. The summed E-state index contributed by atoms with van der Waals surface area (Å²) in [6, 6.07) is 9.96. The van der Waals surface area contributed by atoms with E-state index in [4.69, 9.17) is 16.2 Å². The number of nitrogen functional groups attached to an aromatic ring is 1. The largest absolute Gasteiger partial charge is 0.496 e. The number of methoxy groups -OCH3 is 1. The second kappa shape index (κ2) is 6.72. The Kier molecular flexibility index (Phi) is 4.37. The summed E-state index contributed by atoms with van der Waals surface area (Å²) in [7, 11) is 1.66. The average molecular weight is 379 g/mol. The lowest BCUT2D eigenvalue weighted by Gasteiger charge is -2.16. The van der Waals surface area contributed by atoms with Crippen molar-refractivity contribution in [3.63, 3.8) is 0 Å². The van der Waals surface area contributed by atoms with E-state index >= 15 is 0 Å². The zero-order valence-corrected chi connectivity index (χ0v) is 16.1. The molecule has 0 bridgehead atoms. The standard InChI is InChI=1S/C21H21N3O2S/c1-11-9-16(26-2)17(13-4-3-12(5-7-22)15(23)10-13)18-14-6-8-27-20(14)21(25)24-19(11)18/h3-4,6,8-10H,5,7,22-23H2,1-2H3,(H,24,25). The minimum Gasteiger partial charge on any atom is -0.496 e. The van der Waals surface area contributed by atoms with Gasteiger partial charge in [0.2, 0.25) is 0 Å². The number of thiophene rings is 1. The Morgan fingerprint density at radius 3 is 2.74 bits per heavy atom. The lowest BCUT2D eigenvalue weighted by atomic mass is 9.93. The molecule has 0 saturated heterocycles. The molecule has 0 aliphatic carbocycles. The molecule has 2 aromatic heterocycles. The van der Waals surface area contributed by atoms with Gasteiger partial charge in [0, 0.05) is 22.0 Å². The number of aromatic nitrogens is 1. The van der Waals surface area contributed by atoms with Crippen molar-refractivity contribution in [1.82, 2.24) is 4.98 Å². The van der Waals surface area contributed by atoms with Gasteiger partial charge in [-0.2, -0.15) is 0 Å². The van der Waals surface area contributed by atoms with Crippen molar-refractivity contribution in [2.24, 2.45) is 5.73 Å². The first kappa shape index (κ1) is 17.6. The average Bonchev–Trinajstić information content (AvgIpc) is 3.15. The van der Waals surface area contributed by atoms with Crippen molar-refractivity contribution in [3.8, 4) is 16.9 Å². The van der Waals surface area contributed by atoms with Crippen LogP contribution < -0.4 is 21.8 Å². The number of ether oxygens (including phenoxy) is 1. The molecule has 0 fully saturated rings. The van der Waals surface area contributed by atoms with Gasteiger partial charge >= 0.3 is 0 Å². The molecule has 5 N–H and O–H groups in total. The number of aromatic amines is 1. The van der Waals surface area contributed by atoms with Crippen LogP contribution in [-0.4, -0.2) is 18.6 Å². The molecule has 4 rings (SSSR count). The highest BCUT2D eigenvalue weighted by Crippen LogP contribution is 2.42. The minimum absolute atomic E-state index is 0.0653. The van der Waals surface area contributed by atoms with Gasteiger partial charge in [-0.05, 0) is 60.2 Å². The number of rotatable bonds is 4. The summed E-state index contributed by atoms with van der Waals surface area (Å²) in [5.74, 6) is 0.755. The van der Waals surface area contributed by atoms with Gasteiger partial charge < -0.3 is 21.2 Å². The summed E-state index contributed by atoms with van der Waals surface area (Å²) >= 11 is 1.44. The molecular formula is C21H21N3O2S. The van der Waals surface area contributed by atoms with Gasteiger partial charge in [0.1, 0.15) is 10.4 Å². The van der Waals surface area contributed by atoms with Crippen LogP contribution in [-0.2, 0) is 6.42 Å². The molecule has 0 amide bonds. The van der Waals surface area contributed by atoms with Crippen molar-refractivity contribution in [1.29, 1.82) is 0 Å². The highest BCUT2D eigenvalue weighted by atomic mass is 32.1. The second-order valence-electron chi connectivity index (χ2n) is 6.59. The maximum atomic E-state index is 12.5. The third kappa shape index (κ3) is 2.78. The summed E-state index contributed by atoms with van der Waals surface area (Å²) in [6.45, 7) is 2.53. The van der Waals surface area contributed by atoms with Crippen LogP contribution in [0.4, 0.5) is 5.69 Å². The highest BCUT2D eigenvalue weighted by molar-refractivity contribution is 7.17. The topological polar surface area (TPSA) is 94.1 Å². The van der Waals surface area contributed by atoms with Crippen molar-refractivity contribution in [2.75, 3.05) is 19.4 Å². The van der Waals surface area contributed by atoms with E-state index < -0.39 is 0 Å². The maximum Gasteiger partial charge on any atom is 0.266 e. The third-order valence-corrected chi connectivity index (χ3v) is 5.85. The summed E-state index contributed by atoms with van der Waals surface area (Å²) in [5, 5.41) is 3.85. The predicted molar refractivity (Wildman–Crippen MR) is 114 cm³/mol. The number of hydrogen-bond donors (Lipinski definition) is 3. The number of pyridine rings is 1. The SMILES string of the molecule is COc1cc(C)c2[nH]c(=O)c3sccc3c2c1-c1ccc(CCN)c(N)c1. The van der Waals surface area contributed by atoms with Crippen LogP contribution in [0.3, 0.4) is 0 Å². The Bertz CT molecular complexity index is 1220. The smallest absolute Gasteiger partial charge is 0.266 e. The van der Waals surface area contributed by atoms with E-state index in [2.05, 4.69) is 4.98 Å². The number of aryl methyl sites for hydroxylation is 1. The van der Waals surface area contributed by atoms with Crippen LogP contribution in [0.1, 0.15) is 11.1 Å². The minimum atomic E-state index is -0.0653. The summed E-state index contributed by atoms with van der Waals surface area (Å²) in [4.78, 5) is 15.5. The van der Waals surface area contributed by atoms with Crippen molar-refractivity contribution in [2.45, 2.75) is 13.3 Å². The molecule has 0 unspecified atom stereocenters. The number of fused-ring (bicyclic) bond motifs is 3. The van der Waals surface area contributed by atoms with Crippen molar-refractivity contribution < 1.29 is 4.74 Å². The lowest BCUT2D eigenvalue weighted by Crippen LogP contribution is -2.07. The molecule has 138 valence electrons. The molecule has 0 spiro atoms. The molecule has 6 heteroatoms. The van der Waals surface area contributed by atoms with Crippen LogP contribution in [0, 0.1) is 6.92 Å². The van der Waals surface area contributed by atoms with Crippen LogP contribution in [0.25, 0.3) is 32.1 Å². The molecule has 4 aromatic rings. The van der Waals surface area contributed by atoms with E-state index in [0.29, 0.717) is 16.9 Å². The van der Waals surface area contributed by atoms with Crippen LogP contribution >= 0.6 is 11.3 Å². The first-order valence-electron chi connectivity index (χ1n) is 8.74. The number of hydrogen-bond acceptors (Lipinski definition) is 5. The van der Waals surface area contributed by atoms with Crippen LogP contribution in [0.5, 0.6) is 5.75 Å². The normalized spacial score (nSPS) is 11.4. The molecule has 27 heavy (non-hydrogen) atoms. The van der Waals surface area contributed by atoms with E-state index in [9.17, 15) is 4.79 Å². The Balaban J connectivity index is 2.13. The van der Waals surface area contributed by atoms with Crippen LogP contribution in [0.2, 0.25) is 0 Å². The summed E-state index contributed by atoms with van der Waals surface area (Å²) < 4.78 is 6.42. The number of H-pyrrole nitrogens is 1. The molecule has 2 aromatic carbocycles. The van der Waals surface area contributed by atoms with Crippen molar-refractivity contribution in [3.05, 3.63) is 57.2 Å². The second-order valence-corrected chi connectivity index (χ2v) is 7.51. The molecular weight excluding hydrogens is 358 g/mol. The van der Waals surface area contributed by atoms with E-state index in [-0.39, 0.29) is 5.56 Å². The fourth-order valence-corrected chi connectivity index (χ4v) is 4.45. The number of anilines is 1. The number of nitrogens with two attached hydrogens (primary N) is 2. The molecule has 5 nitrogen and oxygen atoms in total. The quantitative estimate of drug-likeness (QED) is 0.470. The predicted octanol–water partition coefficient (Wildman–Crippen LogP) is 3.81. The Morgan fingerprint density at radius 1 is 1.22 bits per heavy atom. The number of benzene rings is 2. The fraction of sp³-hybridized carbons (Fsp3) is 0.190. The Labute approximate surface area is 160 Å². The van der Waals surface area contributed by atoms with Crippen molar-refractivity contribution >= 4 is 38.0 Å². The third-order valence-electron chi connectivity index (χ3n) is 4.94. The van der Waals surface area contributed by atoms with Gasteiger partial charge in [-0.25, -0.2) is 0 Å². The fourth-order valence-electron chi connectivity index (χ4n) is 3.65. The van der Waals surface area contributed by atoms with Gasteiger partial charge in [-0.1, -0.05) is 12.1 Å². The zero-order valence-electron chi connectivity index (χ0n) is 15.3. The zero-order chi connectivity index (χ0) is 19.1. The molecule has 0 radical (unpaired) electrons. The van der Waals surface area contributed by atoms with Gasteiger partial charge in [-0.15, -0.1) is 11.3 Å². The number of nitrogens with one attached hydrogen (secondary N) is 1. The Morgan fingerprint density at radius 2 is 2.04 bits per heavy atom. The monoisotopic (exact) mass is 379 g/mol. The van der Waals surface area contributed by atoms with E-state index in [0.717, 1.165) is 50.7 Å². The first-order chi connectivity index (χ1) is 13.0. The highest BCUT2D eigenvalue weighted by Gasteiger charge is 2.18. The van der Waals surface area contributed by atoms with E-state index in [1.807, 2.05) is 42.6 Å². The Hall–Kier alpha value is -2.83. The van der Waals surface area contributed by atoms with E-state index in [1.54, 1.807) is 7.11 Å². The lowest BCUT2D eigenvalue weighted by molar-refractivity contribution is 0.416. The first-order valence-corrected chi connectivity index (χ1v) is 9.62. The molecule has 2 heterocycles. The van der Waals surface area contributed by atoms with E-state index in [1.165, 1.54) is 11.3 Å². The van der Waals surface area contributed by atoms with Gasteiger partial charge in [0.15, 0.2) is 0 Å². The van der Waals surface area contributed by atoms with Gasteiger partial charge in [-0.3, -0.25) is 4.79 Å². The summed E-state index contributed by atoms with van der Waals surface area (Å²) in [6.07, 6.45) is 0.736. The molecule has 0 atom stereocenters. The molecule has 0 aliphatic rings. The van der Waals surface area contributed by atoms with Crippen LogP contribution in [0.15, 0.2) is 40.5 Å². The molecule has 0 aliphatic heterocycles. The van der Waals surface area contributed by atoms with Gasteiger partial charge in [0.25, 0.3) is 5.56 Å². The summed E-state index contributed by atoms with van der Waals surface area (Å²) in [5.41, 5.74) is 17.3.